The fraction of sp³-hybridized carbons (Fsp3) is 0.292. The minimum absolute atomic E-state index is 0.0535. The quantitative estimate of drug-likeness (QED) is 0.522. The molecule has 0 aliphatic carbocycles. The Morgan fingerprint density at radius 2 is 1.85 bits per heavy atom. The Balaban J connectivity index is 1.24. The number of imidazole rings is 1. The second-order valence-corrected chi connectivity index (χ2v) is 8.48. The van der Waals surface area contributed by atoms with Crippen molar-refractivity contribution in [3.8, 4) is 16.8 Å². The SMILES string of the molecule is O=C(C1CN(c2cc(F)c3ncn(-c4ccc(-c5cn[nH]c5)cc4)c3c2)C1)N1CCOCC1. The van der Waals surface area contributed by atoms with Crippen LogP contribution in [-0.2, 0) is 9.53 Å². The Labute approximate surface area is 189 Å². The Hall–Kier alpha value is -3.72. The number of aromatic nitrogens is 4. The third-order valence-electron chi connectivity index (χ3n) is 6.49. The molecule has 6 rings (SSSR count). The highest BCUT2D eigenvalue weighted by Crippen LogP contribution is 2.32. The highest BCUT2D eigenvalue weighted by Gasteiger charge is 2.36. The van der Waals surface area contributed by atoms with Gasteiger partial charge < -0.3 is 14.5 Å². The van der Waals surface area contributed by atoms with E-state index in [2.05, 4.69) is 15.2 Å². The second kappa shape index (κ2) is 8.00. The lowest BCUT2D eigenvalue weighted by molar-refractivity contribution is -0.140. The summed E-state index contributed by atoms with van der Waals surface area (Å²) in [5, 5.41) is 6.80. The number of carbonyl (C=O) groups excluding carboxylic acids is 1. The molecule has 0 saturated carbocycles. The maximum atomic E-state index is 14.9. The van der Waals surface area contributed by atoms with Crippen LogP contribution in [0.2, 0.25) is 0 Å². The molecule has 8 nitrogen and oxygen atoms in total. The van der Waals surface area contributed by atoms with Gasteiger partial charge in [0.2, 0.25) is 5.91 Å². The first-order valence-corrected chi connectivity index (χ1v) is 11.0. The van der Waals surface area contributed by atoms with E-state index < -0.39 is 0 Å². The molecule has 1 N–H and O–H groups in total. The molecule has 2 fully saturated rings. The fourth-order valence-electron chi connectivity index (χ4n) is 4.56. The van der Waals surface area contributed by atoms with Crippen molar-refractivity contribution in [3.05, 3.63) is 60.9 Å². The van der Waals surface area contributed by atoms with Gasteiger partial charge in [-0.05, 0) is 29.8 Å². The zero-order chi connectivity index (χ0) is 22.4. The number of nitrogens with zero attached hydrogens (tertiary/aromatic N) is 5. The van der Waals surface area contributed by atoms with Crippen molar-refractivity contribution < 1.29 is 13.9 Å². The van der Waals surface area contributed by atoms with E-state index in [4.69, 9.17) is 4.74 Å². The molecular formula is C24H23FN6O2. The molecule has 0 spiro atoms. The number of hydrogen-bond acceptors (Lipinski definition) is 5. The smallest absolute Gasteiger partial charge is 0.229 e. The molecular weight excluding hydrogens is 423 g/mol. The van der Waals surface area contributed by atoms with Gasteiger partial charge in [0.15, 0.2) is 5.82 Å². The summed E-state index contributed by atoms with van der Waals surface area (Å²) in [6, 6.07) is 11.4. The van der Waals surface area contributed by atoms with Gasteiger partial charge in [0, 0.05) is 49.3 Å². The summed E-state index contributed by atoms with van der Waals surface area (Å²) in [5.74, 6) is -0.250. The van der Waals surface area contributed by atoms with E-state index in [1.165, 1.54) is 6.07 Å². The van der Waals surface area contributed by atoms with Gasteiger partial charge in [-0.2, -0.15) is 5.10 Å². The van der Waals surface area contributed by atoms with Gasteiger partial charge in [-0.15, -0.1) is 0 Å². The summed E-state index contributed by atoms with van der Waals surface area (Å²) < 4.78 is 22.1. The number of H-pyrrole nitrogens is 1. The molecule has 33 heavy (non-hydrogen) atoms. The predicted octanol–water partition coefficient (Wildman–Crippen LogP) is 2.85. The minimum atomic E-state index is -0.362. The third kappa shape index (κ3) is 3.54. The van der Waals surface area contributed by atoms with Crippen LogP contribution in [0.5, 0.6) is 0 Å². The largest absolute Gasteiger partial charge is 0.378 e. The Bertz CT molecular complexity index is 1290. The van der Waals surface area contributed by atoms with Gasteiger partial charge in [0.1, 0.15) is 11.8 Å². The standard InChI is InChI=1S/C24H23FN6O2/c25-21-9-20(30-13-18(14-30)24(32)29-5-7-33-8-6-29)10-22-23(21)26-15-31(22)19-3-1-16(2-4-19)17-11-27-28-12-17/h1-4,9-12,15,18H,5-8,13-14H2,(H,27,28). The average Bonchev–Trinajstić information content (AvgIpc) is 3.49. The monoisotopic (exact) mass is 446 g/mol. The lowest BCUT2D eigenvalue weighted by atomic mass is 9.97. The highest BCUT2D eigenvalue weighted by atomic mass is 19.1. The van der Waals surface area contributed by atoms with Crippen molar-refractivity contribution in [1.82, 2.24) is 24.6 Å². The summed E-state index contributed by atoms with van der Waals surface area (Å²) in [6.45, 7) is 3.67. The molecule has 4 heterocycles. The van der Waals surface area contributed by atoms with Gasteiger partial charge >= 0.3 is 0 Å². The molecule has 2 aromatic heterocycles. The number of carbonyl (C=O) groups is 1. The molecule has 2 aliphatic rings. The van der Waals surface area contributed by atoms with Crippen LogP contribution in [-0.4, -0.2) is 69.9 Å². The fourth-order valence-corrected chi connectivity index (χ4v) is 4.56. The van der Waals surface area contributed by atoms with Crippen molar-refractivity contribution in [2.45, 2.75) is 0 Å². The van der Waals surface area contributed by atoms with Gasteiger partial charge in [-0.3, -0.25) is 14.5 Å². The molecule has 9 heteroatoms. The number of aromatic amines is 1. The Morgan fingerprint density at radius 1 is 1.06 bits per heavy atom. The molecule has 2 saturated heterocycles. The predicted molar refractivity (Wildman–Crippen MR) is 122 cm³/mol. The summed E-state index contributed by atoms with van der Waals surface area (Å²) in [4.78, 5) is 20.9. The van der Waals surface area contributed by atoms with Crippen LogP contribution in [0, 0.1) is 11.7 Å². The molecule has 0 unspecified atom stereocenters. The van der Waals surface area contributed by atoms with Crippen molar-refractivity contribution in [3.63, 3.8) is 0 Å². The first-order valence-electron chi connectivity index (χ1n) is 11.0. The number of hydrogen-bond donors (Lipinski definition) is 1. The number of anilines is 1. The van der Waals surface area contributed by atoms with E-state index in [0.717, 1.165) is 22.5 Å². The lowest BCUT2D eigenvalue weighted by Crippen LogP contribution is -2.56. The number of rotatable bonds is 4. The van der Waals surface area contributed by atoms with E-state index in [1.54, 1.807) is 12.5 Å². The zero-order valence-corrected chi connectivity index (χ0v) is 17.9. The molecule has 0 bridgehead atoms. The second-order valence-electron chi connectivity index (χ2n) is 8.48. The molecule has 1 amide bonds. The van der Waals surface area contributed by atoms with Crippen molar-refractivity contribution in [2.75, 3.05) is 44.3 Å². The summed E-state index contributed by atoms with van der Waals surface area (Å²) >= 11 is 0. The van der Waals surface area contributed by atoms with Gasteiger partial charge in [0.25, 0.3) is 0 Å². The first-order chi connectivity index (χ1) is 16.2. The normalized spacial score (nSPS) is 16.9. The topological polar surface area (TPSA) is 79.3 Å². The van der Waals surface area contributed by atoms with E-state index in [0.29, 0.717) is 50.4 Å². The maximum Gasteiger partial charge on any atom is 0.229 e. The Kier molecular flexibility index (Phi) is 4.83. The molecule has 2 aromatic carbocycles. The van der Waals surface area contributed by atoms with Crippen LogP contribution in [0.3, 0.4) is 0 Å². The van der Waals surface area contributed by atoms with Crippen molar-refractivity contribution >= 4 is 22.6 Å². The first kappa shape index (κ1) is 19.9. The number of morpholine rings is 1. The van der Waals surface area contributed by atoms with E-state index in [-0.39, 0.29) is 17.6 Å². The summed E-state index contributed by atoms with van der Waals surface area (Å²) in [7, 11) is 0. The zero-order valence-electron chi connectivity index (χ0n) is 17.9. The molecule has 4 aromatic rings. The maximum absolute atomic E-state index is 14.9. The number of fused-ring (bicyclic) bond motifs is 1. The third-order valence-corrected chi connectivity index (χ3v) is 6.49. The molecule has 2 aliphatic heterocycles. The highest BCUT2D eigenvalue weighted by molar-refractivity contribution is 5.85. The van der Waals surface area contributed by atoms with Gasteiger partial charge in [0.05, 0.1) is 30.8 Å². The van der Waals surface area contributed by atoms with E-state index in [1.807, 2.05) is 50.9 Å². The number of amides is 1. The van der Waals surface area contributed by atoms with Crippen molar-refractivity contribution in [1.29, 1.82) is 0 Å². The number of nitrogens with one attached hydrogen (secondary N) is 1. The minimum Gasteiger partial charge on any atom is -0.378 e. The molecule has 0 atom stereocenters. The van der Waals surface area contributed by atoms with E-state index >= 15 is 0 Å². The number of benzene rings is 2. The van der Waals surface area contributed by atoms with Crippen LogP contribution in [0.15, 0.2) is 55.1 Å². The van der Waals surface area contributed by atoms with Crippen LogP contribution in [0.4, 0.5) is 10.1 Å². The summed E-state index contributed by atoms with van der Waals surface area (Å²) in [6.07, 6.45) is 5.26. The number of ether oxygens (including phenoxy) is 1. The molecule has 0 radical (unpaired) electrons. The Morgan fingerprint density at radius 3 is 2.58 bits per heavy atom. The van der Waals surface area contributed by atoms with Crippen LogP contribution >= 0.6 is 0 Å². The lowest BCUT2D eigenvalue weighted by Gasteiger charge is -2.42. The van der Waals surface area contributed by atoms with E-state index in [9.17, 15) is 9.18 Å². The van der Waals surface area contributed by atoms with Crippen LogP contribution in [0.1, 0.15) is 0 Å². The number of halogens is 1. The van der Waals surface area contributed by atoms with Crippen molar-refractivity contribution in [2.24, 2.45) is 5.92 Å². The van der Waals surface area contributed by atoms with Crippen LogP contribution < -0.4 is 4.90 Å². The van der Waals surface area contributed by atoms with Crippen LogP contribution in [0.25, 0.3) is 27.8 Å². The van der Waals surface area contributed by atoms with Gasteiger partial charge in [-0.1, -0.05) is 12.1 Å². The molecule has 168 valence electrons. The summed E-state index contributed by atoms with van der Waals surface area (Å²) in [5.41, 5.74) is 4.74. The van der Waals surface area contributed by atoms with Gasteiger partial charge in [-0.25, -0.2) is 9.37 Å². The average molecular weight is 446 g/mol.